The largest absolute Gasteiger partial charge is 0.478 e. The Hall–Kier alpha value is -1.95. The van der Waals surface area contributed by atoms with Crippen LogP contribution in [0.2, 0.25) is 0 Å². The van der Waals surface area contributed by atoms with Gasteiger partial charge in [-0.2, -0.15) is 0 Å². The van der Waals surface area contributed by atoms with E-state index in [0.717, 1.165) is 0 Å². The van der Waals surface area contributed by atoms with Gasteiger partial charge in [0, 0.05) is 10.7 Å². The number of rotatable bonds is 3. The lowest BCUT2D eigenvalue weighted by Gasteiger charge is -2.09. The maximum absolute atomic E-state index is 13.1. The Morgan fingerprint density at radius 1 is 1.39 bits per heavy atom. The molecule has 0 bridgehead atoms. The van der Waals surface area contributed by atoms with Crippen LogP contribution in [0.3, 0.4) is 0 Å². The molecule has 0 atom stereocenters. The summed E-state index contributed by atoms with van der Waals surface area (Å²) in [4.78, 5) is 14.9. The first-order chi connectivity index (χ1) is 8.58. The topological polar surface area (TPSA) is 62.2 Å². The van der Waals surface area contributed by atoms with Gasteiger partial charge in [0.2, 0.25) is 0 Å². The molecule has 4 nitrogen and oxygen atoms in total. The van der Waals surface area contributed by atoms with Crippen molar-refractivity contribution in [2.24, 2.45) is 0 Å². The van der Waals surface area contributed by atoms with Crippen LogP contribution in [0.25, 0.3) is 0 Å². The molecule has 0 fully saturated rings. The van der Waals surface area contributed by atoms with Crippen molar-refractivity contribution in [2.75, 3.05) is 5.32 Å². The van der Waals surface area contributed by atoms with E-state index in [4.69, 9.17) is 5.11 Å². The molecule has 0 aliphatic heterocycles. The molecule has 18 heavy (non-hydrogen) atoms. The highest BCUT2D eigenvalue weighted by atomic mass is 79.9. The molecular weight excluding hydrogens is 303 g/mol. The van der Waals surface area contributed by atoms with Gasteiger partial charge < -0.3 is 10.4 Å². The summed E-state index contributed by atoms with van der Waals surface area (Å²) >= 11 is 3.25. The Bertz CT molecular complexity index is 604. The average Bonchev–Trinajstić information content (AvgIpc) is 2.34. The first-order valence-electron chi connectivity index (χ1n) is 4.98. The Morgan fingerprint density at radius 3 is 2.89 bits per heavy atom. The fourth-order valence-corrected chi connectivity index (χ4v) is 1.74. The van der Waals surface area contributed by atoms with Crippen LogP contribution in [0, 0.1) is 5.82 Å². The van der Waals surface area contributed by atoms with E-state index in [1.54, 1.807) is 0 Å². The molecule has 0 radical (unpaired) electrons. The van der Waals surface area contributed by atoms with Crippen molar-refractivity contribution in [3.8, 4) is 0 Å². The van der Waals surface area contributed by atoms with Gasteiger partial charge in [0.1, 0.15) is 17.2 Å². The first-order valence-corrected chi connectivity index (χ1v) is 5.77. The third kappa shape index (κ3) is 2.65. The van der Waals surface area contributed by atoms with Crippen molar-refractivity contribution in [2.45, 2.75) is 0 Å². The molecule has 6 heteroatoms. The van der Waals surface area contributed by atoms with Crippen molar-refractivity contribution in [3.05, 3.63) is 52.4 Å². The normalized spacial score (nSPS) is 10.1. The van der Waals surface area contributed by atoms with Crippen molar-refractivity contribution in [3.63, 3.8) is 0 Å². The van der Waals surface area contributed by atoms with E-state index in [1.807, 2.05) is 0 Å². The number of carboxylic acids is 1. The van der Waals surface area contributed by atoms with E-state index in [2.05, 4.69) is 26.2 Å². The predicted molar refractivity (Wildman–Crippen MR) is 68.6 cm³/mol. The third-order valence-electron chi connectivity index (χ3n) is 2.22. The minimum Gasteiger partial charge on any atom is -0.478 e. The molecule has 2 N–H and O–H groups in total. The summed E-state index contributed by atoms with van der Waals surface area (Å²) in [7, 11) is 0. The summed E-state index contributed by atoms with van der Waals surface area (Å²) in [5.41, 5.74) is 0.435. The van der Waals surface area contributed by atoms with Gasteiger partial charge in [-0.1, -0.05) is 0 Å². The summed E-state index contributed by atoms with van der Waals surface area (Å²) in [5, 5.41) is 11.8. The summed E-state index contributed by atoms with van der Waals surface area (Å²) in [6.07, 6.45) is 1.46. The zero-order valence-electron chi connectivity index (χ0n) is 9.02. The number of aromatic nitrogens is 1. The van der Waals surface area contributed by atoms with Crippen molar-refractivity contribution in [1.29, 1.82) is 0 Å². The highest BCUT2D eigenvalue weighted by Gasteiger charge is 2.12. The van der Waals surface area contributed by atoms with Crippen LogP contribution < -0.4 is 5.32 Å². The van der Waals surface area contributed by atoms with Gasteiger partial charge in [-0.25, -0.2) is 14.2 Å². The van der Waals surface area contributed by atoms with E-state index >= 15 is 0 Å². The number of carbonyl (C=O) groups is 1. The van der Waals surface area contributed by atoms with Crippen molar-refractivity contribution in [1.82, 2.24) is 4.98 Å². The molecule has 1 aromatic carbocycles. The molecule has 0 aliphatic carbocycles. The number of hydrogen-bond acceptors (Lipinski definition) is 3. The van der Waals surface area contributed by atoms with Gasteiger partial charge in [0.15, 0.2) is 0 Å². The molecule has 0 aliphatic rings. The maximum atomic E-state index is 13.1. The molecule has 0 unspecified atom stereocenters. The Kier molecular flexibility index (Phi) is 3.57. The molecule has 1 aromatic heterocycles. The molecule has 0 amide bonds. The molecule has 2 aromatic rings. The number of nitrogens with one attached hydrogen (secondary N) is 1. The van der Waals surface area contributed by atoms with Crippen LogP contribution in [-0.4, -0.2) is 16.1 Å². The zero-order valence-corrected chi connectivity index (χ0v) is 10.6. The number of carboxylic acid groups (broad SMARTS) is 1. The molecule has 1 heterocycles. The number of anilines is 2. The number of halogens is 2. The van der Waals surface area contributed by atoms with E-state index in [-0.39, 0.29) is 11.4 Å². The fourth-order valence-electron chi connectivity index (χ4n) is 1.40. The van der Waals surface area contributed by atoms with Crippen LogP contribution in [-0.2, 0) is 0 Å². The lowest BCUT2D eigenvalue weighted by atomic mass is 10.2. The number of hydrogen-bond donors (Lipinski definition) is 2. The van der Waals surface area contributed by atoms with Crippen molar-refractivity contribution < 1.29 is 14.3 Å². The number of nitrogens with zero attached hydrogens (tertiary/aromatic N) is 1. The molecule has 2 rings (SSSR count). The number of pyridine rings is 1. The average molecular weight is 311 g/mol. The fraction of sp³-hybridized carbons (Fsp3) is 0. The second kappa shape index (κ2) is 5.14. The second-order valence-electron chi connectivity index (χ2n) is 3.45. The Labute approximate surface area is 111 Å². The first kappa shape index (κ1) is 12.5. The smallest absolute Gasteiger partial charge is 0.339 e. The van der Waals surface area contributed by atoms with E-state index in [0.29, 0.717) is 10.2 Å². The molecule has 0 saturated carbocycles. The highest BCUT2D eigenvalue weighted by Crippen LogP contribution is 2.27. The number of benzene rings is 1. The third-order valence-corrected chi connectivity index (χ3v) is 2.91. The zero-order chi connectivity index (χ0) is 13.1. The molecule has 0 saturated heterocycles. The lowest BCUT2D eigenvalue weighted by molar-refractivity contribution is 0.0697. The number of aromatic carboxylic acids is 1. The Balaban J connectivity index is 2.40. The van der Waals surface area contributed by atoms with Crippen LogP contribution in [0.4, 0.5) is 15.9 Å². The van der Waals surface area contributed by atoms with E-state index in [9.17, 15) is 9.18 Å². The summed E-state index contributed by atoms with van der Waals surface area (Å²) in [6.45, 7) is 0. The summed E-state index contributed by atoms with van der Waals surface area (Å²) < 4.78 is 13.7. The second-order valence-corrected chi connectivity index (χ2v) is 4.31. The maximum Gasteiger partial charge on any atom is 0.339 e. The van der Waals surface area contributed by atoms with Gasteiger partial charge >= 0.3 is 5.97 Å². The molecule has 0 spiro atoms. The van der Waals surface area contributed by atoms with Gasteiger partial charge in [-0.05, 0) is 46.3 Å². The van der Waals surface area contributed by atoms with Crippen LogP contribution in [0.5, 0.6) is 0 Å². The standard InChI is InChI=1S/C12H8BrFN2O2/c13-9-4-3-7(14)6-10(9)16-11-8(12(17)18)2-1-5-15-11/h1-6H,(H,15,16)(H,17,18). The summed E-state index contributed by atoms with van der Waals surface area (Å²) in [5.74, 6) is -1.36. The predicted octanol–water partition coefficient (Wildman–Crippen LogP) is 3.43. The molecule has 92 valence electrons. The monoisotopic (exact) mass is 310 g/mol. The van der Waals surface area contributed by atoms with E-state index in [1.165, 1.54) is 36.5 Å². The highest BCUT2D eigenvalue weighted by molar-refractivity contribution is 9.10. The van der Waals surface area contributed by atoms with Gasteiger partial charge in [-0.3, -0.25) is 0 Å². The van der Waals surface area contributed by atoms with Crippen LogP contribution >= 0.6 is 15.9 Å². The minimum absolute atomic E-state index is 0.0219. The van der Waals surface area contributed by atoms with Crippen LogP contribution in [0.15, 0.2) is 41.0 Å². The SMILES string of the molecule is O=C(O)c1cccnc1Nc1cc(F)ccc1Br. The van der Waals surface area contributed by atoms with Gasteiger partial charge in [0.05, 0.1) is 5.69 Å². The summed E-state index contributed by atoms with van der Waals surface area (Å²) in [6, 6.07) is 7.03. The Morgan fingerprint density at radius 2 is 2.17 bits per heavy atom. The van der Waals surface area contributed by atoms with Gasteiger partial charge in [0.25, 0.3) is 0 Å². The van der Waals surface area contributed by atoms with Gasteiger partial charge in [-0.15, -0.1) is 0 Å². The lowest BCUT2D eigenvalue weighted by Crippen LogP contribution is -2.04. The molecular formula is C12H8BrFN2O2. The quantitative estimate of drug-likeness (QED) is 0.911. The van der Waals surface area contributed by atoms with Crippen molar-refractivity contribution >= 4 is 33.4 Å². The van der Waals surface area contributed by atoms with E-state index < -0.39 is 11.8 Å². The van der Waals surface area contributed by atoms with Crippen LogP contribution in [0.1, 0.15) is 10.4 Å². The minimum atomic E-state index is -1.10.